The molecule has 26 heavy (non-hydrogen) atoms. The number of ether oxygens (including phenoxy) is 1. The normalized spacial score (nSPS) is 18.3. The standard InChI is InChI=1S/C20H23N3O3/c1-21-19(24)15-7-9-16(10-8-15)22-17-11-18(12-17)23-20(25)26-13-14-5-3-2-4-6-14/h2-10,17-18,22H,11-13H2,1H3,(H,21,24)(H,23,25). The minimum Gasteiger partial charge on any atom is -0.445 e. The Bertz CT molecular complexity index is 741. The number of anilines is 1. The molecule has 6 nitrogen and oxygen atoms in total. The number of hydrogen-bond acceptors (Lipinski definition) is 4. The van der Waals surface area contributed by atoms with Crippen LogP contribution < -0.4 is 16.0 Å². The highest BCUT2D eigenvalue weighted by atomic mass is 16.5. The van der Waals surface area contributed by atoms with Crippen molar-refractivity contribution in [3.8, 4) is 0 Å². The molecule has 1 aliphatic carbocycles. The molecule has 0 aliphatic heterocycles. The van der Waals surface area contributed by atoms with Crippen LogP contribution in [0.25, 0.3) is 0 Å². The van der Waals surface area contributed by atoms with Gasteiger partial charge in [0, 0.05) is 30.4 Å². The smallest absolute Gasteiger partial charge is 0.407 e. The number of alkyl carbamates (subject to hydrolysis) is 1. The Balaban J connectivity index is 1.36. The molecule has 3 rings (SSSR count). The van der Waals surface area contributed by atoms with Crippen molar-refractivity contribution in [1.29, 1.82) is 0 Å². The van der Waals surface area contributed by atoms with E-state index in [0.29, 0.717) is 11.6 Å². The third-order valence-electron chi connectivity index (χ3n) is 4.42. The largest absolute Gasteiger partial charge is 0.445 e. The van der Waals surface area contributed by atoms with Crippen LogP contribution in [0.15, 0.2) is 54.6 Å². The van der Waals surface area contributed by atoms with Crippen LogP contribution >= 0.6 is 0 Å². The van der Waals surface area contributed by atoms with Crippen LogP contribution in [-0.4, -0.2) is 31.1 Å². The maximum Gasteiger partial charge on any atom is 0.407 e. The van der Waals surface area contributed by atoms with E-state index in [0.717, 1.165) is 24.1 Å². The summed E-state index contributed by atoms with van der Waals surface area (Å²) in [6.07, 6.45) is 1.31. The molecule has 6 heteroatoms. The molecule has 136 valence electrons. The second-order valence-corrected chi connectivity index (χ2v) is 6.37. The van der Waals surface area contributed by atoms with Gasteiger partial charge in [-0.1, -0.05) is 30.3 Å². The summed E-state index contributed by atoms with van der Waals surface area (Å²) in [4.78, 5) is 23.3. The van der Waals surface area contributed by atoms with E-state index < -0.39 is 0 Å². The lowest BCUT2D eigenvalue weighted by Gasteiger charge is -2.36. The Kier molecular flexibility index (Phi) is 5.73. The summed E-state index contributed by atoms with van der Waals surface area (Å²) in [5.41, 5.74) is 2.57. The summed E-state index contributed by atoms with van der Waals surface area (Å²) in [6, 6.07) is 17.4. The van der Waals surface area contributed by atoms with Crippen LogP contribution in [0.3, 0.4) is 0 Å². The molecule has 0 heterocycles. The van der Waals surface area contributed by atoms with Gasteiger partial charge in [-0.3, -0.25) is 4.79 Å². The van der Waals surface area contributed by atoms with Gasteiger partial charge in [0.05, 0.1) is 0 Å². The second kappa shape index (κ2) is 8.38. The second-order valence-electron chi connectivity index (χ2n) is 6.37. The van der Waals surface area contributed by atoms with E-state index in [1.54, 1.807) is 19.2 Å². The minimum absolute atomic E-state index is 0.0986. The SMILES string of the molecule is CNC(=O)c1ccc(NC2CC(NC(=O)OCc3ccccc3)C2)cc1. The molecule has 1 saturated carbocycles. The van der Waals surface area contributed by atoms with Crippen molar-refractivity contribution in [1.82, 2.24) is 10.6 Å². The van der Waals surface area contributed by atoms with Crippen molar-refractivity contribution in [2.24, 2.45) is 0 Å². The zero-order valence-corrected chi connectivity index (χ0v) is 14.7. The lowest BCUT2D eigenvalue weighted by molar-refractivity contribution is 0.0963. The van der Waals surface area contributed by atoms with E-state index in [-0.39, 0.29) is 24.6 Å². The van der Waals surface area contributed by atoms with Crippen LogP contribution in [0.2, 0.25) is 0 Å². The number of carbonyl (C=O) groups is 2. The number of carbonyl (C=O) groups excluding carboxylic acids is 2. The Morgan fingerprint density at radius 2 is 1.69 bits per heavy atom. The van der Waals surface area contributed by atoms with Gasteiger partial charge in [-0.05, 0) is 42.7 Å². The Morgan fingerprint density at radius 1 is 1.00 bits per heavy atom. The summed E-state index contributed by atoms with van der Waals surface area (Å²) in [5, 5.41) is 8.88. The molecule has 1 fully saturated rings. The van der Waals surface area contributed by atoms with E-state index in [1.165, 1.54) is 0 Å². The molecular formula is C20H23N3O3. The maximum atomic E-state index is 11.8. The lowest BCUT2D eigenvalue weighted by Crippen LogP contribution is -2.49. The first-order valence-electron chi connectivity index (χ1n) is 8.70. The first-order valence-corrected chi connectivity index (χ1v) is 8.70. The number of benzene rings is 2. The molecular weight excluding hydrogens is 330 g/mol. The molecule has 0 bridgehead atoms. The molecule has 0 aromatic heterocycles. The molecule has 2 aromatic carbocycles. The minimum atomic E-state index is -0.382. The number of nitrogens with one attached hydrogen (secondary N) is 3. The third kappa shape index (κ3) is 4.75. The summed E-state index contributed by atoms with van der Waals surface area (Å²) >= 11 is 0. The van der Waals surface area contributed by atoms with Crippen molar-refractivity contribution < 1.29 is 14.3 Å². The van der Waals surface area contributed by atoms with E-state index in [2.05, 4.69) is 16.0 Å². The fourth-order valence-corrected chi connectivity index (χ4v) is 2.88. The molecule has 2 aromatic rings. The molecule has 0 radical (unpaired) electrons. The highest BCUT2D eigenvalue weighted by Crippen LogP contribution is 2.24. The number of hydrogen-bond donors (Lipinski definition) is 3. The zero-order valence-electron chi connectivity index (χ0n) is 14.7. The fourth-order valence-electron chi connectivity index (χ4n) is 2.88. The predicted octanol–water partition coefficient (Wildman–Crippen LogP) is 2.92. The molecule has 0 spiro atoms. The average molecular weight is 353 g/mol. The molecule has 2 amide bonds. The molecule has 0 atom stereocenters. The zero-order chi connectivity index (χ0) is 18.4. The van der Waals surface area contributed by atoms with Crippen molar-refractivity contribution in [3.05, 3.63) is 65.7 Å². The Labute approximate surface area is 152 Å². The van der Waals surface area contributed by atoms with Crippen LogP contribution in [0.4, 0.5) is 10.5 Å². The Hall–Kier alpha value is -3.02. The topological polar surface area (TPSA) is 79.5 Å². The van der Waals surface area contributed by atoms with Crippen molar-refractivity contribution in [3.63, 3.8) is 0 Å². The van der Waals surface area contributed by atoms with Gasteiger partial charge in [0.15, 0.2) is 0 Å². The van der Waals surface area contributed by atoms with Gasteiger partial charge < -0.3 is 20.7 Å². The number of rotatable bonds is 6. The fraction of sp³-hybridized carbons (Fsp3) is 0.300. The summed E-state index contributed by atoms with van der Waals surface area (Å²) < 4.78 is 5.23. The van der Waals surface area contributed by atoms with Crippen molar-refractivity contribution >= 4 is 17.7 Å². The van der Waals surface area contributed by atoms with Crippen molar-refractivity contribution in [2.75, 3.05) is 12.4 Å². The first kappa shape index (κ1) is 17.8. The van der Waals surface area contributed by atoms with Gasteiger partial charge in [0.2, 0.25) is 0 Å². The van der Waals surface area contributed by atoms with Gasteiger partial charge in [0.1, 0.15) is 6.61 Å². The van der Waals surface area contributed by atoms with E-state index in [4.69, 9.17) is 4.74 Å². The lowest BCUT2D eigenvalue weighted by atomic mass is 9.86. The summed E-state index contributed by atoms with van der Waals surface area (Å²) in [7, 11) is 1.61. The van der Waals surface area contributed by atoms with Gasteiger partial charge in [-0.15, -0.1) is 0 Å². The molecule has 3 N–H and O–H groups in total. The van der Waals surface area contributed by atoms with Gasteiger partial charge in [-0.2, -0.15) is 0 Å². The van der Waals surface area contributed by atoms with E-state index in [1.807, 2.05) is 42.5 Å². The van der Waals surface area contributed by atoms with Gasteiger partial charge in [0.25, 0.3) is 5.91 Å². The van der Waals surface area contributed by atoms with E-state index >= 15 is 0 Å². The monoisotopic (exact) mass is 353 g/mol. The van der Waals surface area contributed by atoms with Crippen LogP contribution in [0.5, 0.6) is 0 Å². The summed E-state index contributed by atoms with van der Waals surface area (Å²) in [5.74, 6) is -0.0986. The van der Waals surface area contributed by atoms with Gasteiger partial charge >= 0.3 is 6.09 Å². The molecule has 0 saturated heterocycles. The third-order valence-corrected chi connectivity index (χ3v) is 4.42. The van der Waals surface area contributed by atoms with Crippen LogP contribution in [0, 0.1) is 0 Å². The highest BCUT2D eigenvalue weighted by Gasteiger charge is 2.30. The summed E-state index contributed by atoms with van der Waals surface area (Å²) in [6.45, 7) is 0.277. The maximum absolute atomic E-state index is 11.8. The van der Waals surface area contributed by atoms with Crippen LogP contribution in [0.1, 0.15) is 28.8 Å². The Morgan fingerprint density at radius 3 is 2.35 bits per heavy atom. The van der Waals surface area contributed by atoms with Crippen LogP contribution in [-0.2, 0) is 11.3 Å². The van der Waals surface area contributed by atoms with Crippen molar-refractivity contribution in [2.45, 2.75) is 31.5 Å². The quantitative estimate of drug-likeness (QED) is 0.746. The number of amides is 2. The molecule has 1 aliphatic rings. The average Bonchev–Trinajstić information content (AvgIpc) is 2.65. The molecule has 0 unspecified atom stereocenters. The first-order chi connectivity index (χ1) is 12.6. The van der Waals surface area contributed by atoms with E-state index in [9.17, 15) is 9.59 Å². The predicted molar refractivity (Wildman–Crippen MR) is 100 cm³/mol. The van der Waals surface area contributed by atoms with Gasteiger partial charge in [-0.25, -0.2) is 4.79 Å². The highest BCUT2D eigenvalue weighted by molar-refractivity contribution is 5.94.